The van der Waals surface area contributed by atoms with E-state index in [9.17, 15) is 24.7 Å². The third kappa shape index (κ3) is 6.70. The zero-order chi connectivity index (χ0) is 24.3. The number of fused-ring (bicyclic) bond motifs is 1. The third-order valence-electron chi connectivity index (χ3n) is 7.49. The summed E-state index contributed by atoms with van der Waals surface area (Å²) in [6, 6.07) is 0. The monoisotopic (exact) mass is 462 g/mol. The molecule has 2 aliphatic carbocycles. The van der Waals surface area contributed by atoms with Crippen molar-refractivity contribution in [3.8, 4) is 0 Å². The lowest BCUT2D eigenvalue weighted by atomic mass is 9.65. The van der Waals surface area contributed by atoms with Gasteiger partial charge in [0.15, 0.2) is 0 Å². The fourth-order valence-corrected chi connectivity index (χ4v) is 5.53. The Bertz CT molecular complexity index is 775. The average Bonchev–Trinajstić information content (AvgIpc) is 2.71. The van der Waals surface area contributed by atoms with Crippen LogP contribution in [0.15, 0.2) is 23.8 Å². The van der Waals surface area contributed by atoms with E-state index in [1.54, 1.807) is 13.8 Å². The number of hydrogen-bond donors (Lipinski definition) is 3. The van der Waals surface area contributed by atoms with Crippen LogP contribution in [0.4, 0.5) is 0 Å². The second kappa shape index (κ2) is 10.7. The van der Waals surface area contributed by atoms with Crippen molar-refractivity contribution in [3.05, 3.63) is 23.8 Å². The van der Waals surface area contributed by atoms with Crippen molar-refractivity contribution in [1.82, 2.24) is 0 Å². The fourth-order valence-electron chi connectivity index (χ4n) is 5.53. The molecule has 0 saturated carbocycles. The quantitative estimate of drug-likeness (QED) is 0.375. The molecule has 7 nitrogen and oxygen atoms in total. The summed E-state index contributed by atoms with van der Waals surface area (Å²) in [5, 5.41) is 28.4. The first-order chi connectivity index (χ1) is 15.5. The molecule has 1 aliphatic heterocycles. The molecule has 0 aromatic rings. The summed E-state index contributed by atoms with van der Waals surface area (Å²) in [6.07, 6.45) is 8.64. The molecule has 7 atom stereocenters. The minimum absolute atomic E-state index is 0.0631. The van der Waals surface area contributed by atoms with Crippen molar-refractivity contribution in [2.75, 3.05) is 0 Å². The number of ether oxygens (including phenoxy) is 2. The Morgan fingerprint density at radius 2 is 1.97 bits per heavy atom. The Morgan fingerprint density at radius 1 is 1.24 bits per heavy atom. The molecule has 0 radical (unpaired) electrons. The highest BCUT2D eigenvalue weighted by Gasteiger charge is 2.43. The summed E-state index contributed by atoms with van der Waals surface area (Å²) >= 11 is 0. The van der Waals surface area contributed by atoms with E-state index < -0.39 is 18.6 Å². The van der Waals surface area contributed by atoms with Crippen LogP contribution >= 0.6 is 0 Å². The van der Waals surface area contributed by atoms with Crippen LogP contribution in [0.1, 0.15) is 66.2 Å². The van der Waals surface area contributed by atoms with E-state index in [1.807, 2.05) is 0 Å². The number of cyclic esters (lactones) is 1. The summed E-state index contributed by atoms with van der Waals surface area (Å²) < 4.78 is 11.6. The van der Waals surface area contributed by atoms with E-state index in [2.05, 4.69) is 32.1 Å². The van der Waals surface area contributed by atoms with E-state index >= 15 is 0 Å². The largest absolute Gasteiger partial charge is 0.462 e. The number of allylic oxidation sites excluding steroid dienone is 3. The van der Waals surface area contributed by atoms with E-state index in [4.69, 9.17) is 9.47 Å². The maximum Gasteiger partial charge on any atom is 0.451 e. The number of esters is 2. The Hall–Kier alpha value is -1.64. The topological polar surface area (TPSA) is 113 Å². The summed E-state index contributed by atoms with van der Waals surface area (Å²) in [6.45, 7) is 7.86. The van der Waals surface area contributed by atoms with Crippen LogP contribution in [0.5, 0.6) is 0 Å². The SMILES string of the molecule is C[C@@H]1C=C2C=C[C@@H](C)[C@@H](CC[C@@H]3C[C@H](O)CC(=O)O3)[C@@H]2[C@H](OC(=O)C(C)(C)CCB(O)O)C1. The Balaban J connectivity index is 1.73. The Labute approximate surface area is 197 Å². The zero-order valence-electron chi connectivity index (χ0n) is 20.3. The highest BCUT2D eigenvalue weighted by molar-refractivity contribution is 6.41. The van der Waals surface area contributed by atoms with Gasteiger partial charge in [-0.25, -0.2) is 0 Å². The van der Waals surface area contributed by atoms with E-state index in [0.29, 0.717) is 19.3 Å². The lowest BCUT2D eigenvalue weighted by Gasteiger charge is -2.44. The first kappa shape index (κ1) is 26.0. The maximum atomic E-state index is 13.1. The molecular weight excluding hydrogens is 423 g/mol. The molecule has 0 aromatic carbocycles. The zero-order valence-corrected chi connectivity index (χ0v) is 20.3. The highest BCUT2D eigenvalue weighted by atomic mass is 16.6. The molecular formula is C25H39BO7. The molecule has 3 rings (SSSR count). The predicted octanol–water partition coefficient (Wildman–Crippen LogP) is 3.04. The molecule has 33 heavy (non-hydrogen) atoms. The molecule has 0 spiro atoms. The standard InChI is InChI=1S/C25H39BO7/c1-15-11-17-6-5-16(2)20(8-7-19-13-18(27)14-22(28)32-19)23(17)21(12-15)33-24(29)25(3,4)9-10-26(30)31/h5-6,11,15-16,18-21,23,27,30-31H,7-10,12-14H2,1-4H3/t15-,16-,18+,19-,20-,21-,23-/m1/s1. The van der Waals surface area contributed by atoms with Gasteiger partial charge in [0, 0.05) is 12.3 Å². The van der Waals surface area contributed by atoms with Gasteiger partial charge >= 0.3 is 19.1 Å². The van der Waals surface area contributed by atoms with Gasteiger partial charge in [-0.2, -0.15) is 0 Å². The number of hydrogen-bond acceptors (Lipinski definition) is 7. The molecule has 184 valence electrons. The molecule has 1 fully saturated rings. The number of aliphatic hydroxyl groups excluding tert-OH is 1. The van der Waals surface area contributed by atoms with Crippen LogP contribution in [0.25, 0.3) is 0 Å². The molecule has 8 heteroatoms. The van der Waals surface area contributed by atoms with Gasteiger partial charge in [-0.05, 0) is 69.2 Å². The van der Waals surface area contributed by atoms with Crippen molar-refractivity contribution in [1.29, 1.82) is 0 Å². The van der Waals surface area contributed by atoms with Crippen molar-refractivity contribution in [3.63, 3.8) is 0 Å². The number of rotatable bonds is 8. The van der Waals surface area contributed by atoms with Crippen LogP contribution in [0.2, 0.25) is 6.32 Å². The van der Waals surface area contributed by atoms with Gasteiger partial charge in [0.2, 0.25) is 0 Å². The highest BCUT2D eigenvalue weighted by Crippen LogP contribution is 2.45. The Kier molecular flexibility index (Phi) is 8.46. The molecule has 0 amide bonds. The smallest absolute Gasteiger partial charge is 0.451 e. The van der Waals surface area contributed by atoms with Gasteiger partial charge < -0.3 is 24.6 Å². The lowest BCUT2D eigenvalue weighted by Crippen LogP contribution is -2.43. The normalized spacial score (nSPS) is 34.2. The molecule has 1 heterocycles. The van der Waals surface area contributed by atoms with E-state index in [1.165, 1.54) is 5.57 Å². The van der Waals surface area contributed by atoms with Crippen LogP contribution in [0, 0.1) is 29.1 Å². The summed E-state index contributed by atoms with van der Waals surface area (Å²) in [5.74, 6) is 0.199. The van der Waals surface area contributed by atoms with Crippen molar-refractivity contribution in [2.45, 2.75) is 90.9 Å². The first-order valence-electron chi connectivity index (χ1n) is 12.3. The van der Waals surface area contributed by atoms with Crippen molar-refractivity contribution >= 4 is 19.1 Å². The van der Waals surface area contributed by atoms with Gasteiger partial charge in [0.25, 0.3) is 0 Å². The summed E-state index contributed by atoms with van der Waals surface area (Å²) in [7, 11) is -1.44. The second-order valence-corrected chi connectivity index (χ2v) is 10.9. The minimum atomic E-state index is -1.44. The van der Waals surface area contributed by atoms with Crippen LogP contribution in [-0.4, -0.2) is 52.5 Å². The molecule has 0 aromatic heterocycles. The average molecular weight is 462 g/mol. The number of carbonyl (C=O) groups excluding carboxylic acids is 2. The summed E-state index contributed by atoms with van der Waals surface area (Å²) in [5.41, 5.74) is 0.380. The van der Waals surface area contributed by atoms with E-state index in [0.717, 1.165) is 12.8 Å². The fraction of sp³-hybridized carbons (Fsp3) is 0.760. The third-order valence-corrected chi connectivity index (χ3v) is 7.49. The van der Waals surface area contributed by atoms with Gasteiger partial charge in [-0.3, -0.25) is 9.59 Å². The number of aliphatic hydroxyl groups is 1. The molecule has 3 aliphatic rings. The van der Waals surface area contributed by atoms with Gasteiger partial charge in [-0.1, -0.05) is 32.1 Å². The predicted molar refractivity (Wildman–Crippen MR) is 125 cm³/mol. The molecule has 0 bridgehead atoms. The van der Waals surface area contributed by atoms with Gasteiger partial charge in [-0.15, -0.1) is 0 Å². The van der Waals surface area contributed by atoms with Crippen molar-refractivity contribution < 1.29 is 34.2 Å². The van der Waals surface area contributed by atoms with Crippen LogP contribution in [0.3, 0.4) is 0 Å². The number of carbonyl (C=O) groups is 2. The molecule has 1 saturated heterocycles. The Morgan fingerprint density at radius 3 is 2.64 bits per heavy atom. The lowest BCUT2D eigenvalue weighted by molar-refractivity contribution is -0.166. The molecule has 3 N–H and O–H groups in total. The van der Waals surface area contributed by atoms with Gasteiger partial charge in [0.1, 0.15) is 12.2 Å². The minimum Gasteiger partial charge on any atom is -0.462 e. The van der Waals surface area contributed by atoms with Crippen molar-refractivity contribution in [2.24, 2.45) is 29.1 Å². The second-order valence-electron chi connectivity index (χ2n) is 10.9. The van der Waals surface area contributed by atoms with Crippen LogP contribution < -0.4 is 0 Å². The summed E-state index contributed by atoms with van der Waals surface area (Å²) in [4.78, 5) is 24.8. The first-order valence-corrected chi connectivity index (χ1v) is 12.3. The molecule has 0 unspecified atom stereocenters. The van der Waals surface area contributed by atoms with Crippen LogP contribution in [-0.2, 0) is 19.1 Å². The maximum absolute atomic E-state index is 13.1. The van der Waals surface area contributed by atoms with Gasteiger partial charge in [0.05, 0.1) is 17.9 Å². The van der Waals surface area contributed by atoms with E-state index in [-0.39, 0.29) is 60.6 Å².